The Bertz CT molecular complexity index is 2700. The molecule has 0 fully saturated rings. The van der Waals surface area contributed by atoms with Gasteiger partial charge in [0.1, 0.15) is 11.6 Å². The van der Waals surface area contributed by atoms with Crippen molar-refractivity contribution in [1.82, 2.24) is 14.5 Å². The fourth-order valence-corrected chi connectivity index (χ4v) is 6.77. The Morgan fingerprint density at radius 1 is 0.660 bits per heavy atom. The molecule has 0 bridgehead atoms. The van der Waals surface area contributed by atoms with Gasteiger partial charge in [0.2, 0.25) is 0 Å². The zero-order valence-corrected chi connectivity index (χ0v) is 32.2. The number of fused-ring (bicyclic) bond motifs is 1. The molecule has 0 amide bonds. The average molecular weight is 873 g/mol. The summed E-state index contributed by atoms with van der Waals surface area (Å²) < 4.78 is 26.7. The Labute approximate surface area is 330 Å². The van der Waals surface area contributed by atoms with E-state index in [1.165, 1.54) is 5.56 Å². The predicted molar refractivity (Wildman–Crippen MR) is 215 cm³/mol. The molecule has 0 spiro atoms. The molecule has 8 rings (SSSR count). The second-order valence-corrected chi connectivity index (χ2v) is 14.3. The fourth-order valence-electron chi connectivity index (χ4n) is 6.77. The number of aryl methyl sites for hydroxylation is 2. The van der Waals surface area contributed by atoms with E-state index in [2.05, 4.69) is 82.3 Å². The third-order valence-electron chi connectivity index (χ3n) is 9.60. The Hall–Kier alpha value is -5.57. The quantitative estimate of drug-likeness (QED) is 0.169. The Kier molecular flexibility index (Phi) is 8.75. The van der Waals surface area contributed by atoms with Crippen molar-refractivity contribution in [1.29, 1.82) is 0 Å². The maximum Gasteiger partial charge on any atom is 0.148 e. The molecule has 6 aromatic carbocycles. The fraction of sp³-hybridized carbons (Fsp3) is 0.125. The van der Waals surface area contributed by atoms with Gasteiger partial charge in [-0.15, -0.1) is 29.3 Å². The van der Waals surface area contributed by atoms with Gasteiger partial charge in [0.25, 0.3) is 0 Å². The largest absolute Gasteiger partial charge is 0.507 e. The normalized spacial score (nSPS) is 12.5. The van der Waals surface area contributed by atoms with Gasteiger partial charge in [-0.1, -0.05) is 134 Å². The third-order valence-corrected chi connectivity index (χ3v) is 9.60. The number of nitrogens with zero attached hydrogens (tertiary/aromatic N) is 3. The summed E-state index contributed by atoms with van der Waals surface area (Å²) >= 11 is 0. The molecular formula is C48H40N3OPt-. The number of hydrogen-bond acceptors (Lipinski definition) is 3. The Morgan fingerprint density at radius 2 is 1.38 bits per heavy atom. The van der Waals surface area contributed by atoms with Crippen LogP contribution in [0.3, 0.4) is 0 Å². The first-order valence-corrected chi connectivity index (χ1v) is 17.5. The van der Waals surface area contributed by atoms with E-state index >= 15 is 0 Å². The van der Waals surface area contributed by atoms with Crippen molar-refractivity contribution in [3.63, 3.8) is 0 Å². The van der Waals surface area contributed by atoms with Crippen molar-refractivity contribution in [3.05, 3.63) is 168 Å². The second-order valence-electron chi connectivity index (χ2n) is 14.3. The van der Waals surface area contributed by atoms with E-state index in [9.17, 15) is 5.11 Å². The van der Waals surface area contributed by atoms with Gasteiger partial charge >= 0.3 is 0 Å². The van der Waals surface area contributed by atoms with Gasteiger partial charge in [0, 0.05) is 42.6 Å². The van der Waals surface area contributed by atoms with E-state index in [0.29, 0.717) is 16.9 Å². The number of aromatic hydroxyl groups is 1. The van der Waals surface area contributed by atoms with Gasteiger partial charge in [-0.25, -0.2) is 4.98 Å². The molecule has 0 saturated carbocycles. The van der Waals surface area contributed by atoms with Gasteiger partial charge in [0.05, 0.1) is 22.3 Å². The molecule has 2 heterocycles. The van der Waals surface area contributed by atoms with E-state index in [1.807, 2.05) is 77.5 Å². The number of aromatic nitrogens is 3. The van der Waals surface area contributed by atoms with Crippen LogP contribution in [0.5, 0.6) is 5.75 Å². The summed E-state index contributed by atoms with van der Waals surface area (Å²) in [4.78, 5) is 10.1. The summed E-state index contributed by atoms with van der Waals surface area (Å²) in [7, 11) is 0. The number of hydrogen-bond donors (Lipinski definition) is 1. The van der Waals surface area contributed by atoms with Gasteiger partial charge in [-0.3, -0.25) is 9.55 Å². The van der Waals surface area contributed by atoms with Crippen molar-refractivity contribution < 1.29 is 30.3 Å². The maximum atomic E-state index is 11.2. The molecular weight excluding hydrogens is 830 g/mol. The molecule has 0 atom stereocenters. The summed E-state index contributed by atoms with van der Waals surface area (Å²) in [6, 6.07) is 49.0. The van der Waals surface area contributed by atoms with Crippen molar-refractivity contribution in [2.45, 2.75) is 40.0 Å². The number of phenols is 1. The summed E-state index contributed by atoms with van der Waals surface area (Å²) in [6.07, 6.45) is 1.85. The van der Waals surface area contributed by atoms with Crippen LogP contribution in [-0.4, -0.2) is 19.6 Å². The second kappa shape index (κ2) is 14.5. The van der Waals surface area contributed by atoms with Crippen LogP contribution >= 0.6 is 0 Å². The van der Waals surface area contributed by atoms with Gasteiger partial charge in [-0.05, 0) is 72.3 Å². The van der Waals surface area contributed by atoms with E-state index < -0.39 is 6.85 Å². The van der Waals surface area contributed by atoms with Crippen LogP contribution in [0.15, 0.2) is 146 Å². The molecule has 0 aliphatic rings. The minimum atomic E-state index is -2.30. The topological polar surface area (TPSA) is 50.9 Å². The van der Waals surface area contributed by atoms with Crippen molar-refractivity contribution >= 4 is 11.0 Å². The summed E-state index contributed by atoms with van der Waals surface area (Å²) in [5.41, 5.74) is 12.4. The number of imidazole rings is 1. The first kappa shape index (κ1) is 32.1. The van der Waals surface area contributed by atoms with E-state index in [4.69, 9.17) is 14.1 Å². The van der Waals surface area contributed by atoms with Crippen molar-refractivity contribution in [2.75, 3.05) is 0 Å². The van der Waals surface area contributed by atoms with E-state index in [-0.39, 0.29) is 37.8 Å². The molecule has 5 heteroatoms. The van der Waals surface area contributed by atoms with Crippen LogP contribution in [0.2, 0.25) is 0 Å². The van der Waals surface area contributed by atoms with Crippen LogP contribution in [0.25, 0.3) is 72.7 Å². The zero-order chi connectivity index (χ0) is 38.5. The van der Waals surface area contributed by atoms with Crippen LogP contribution in [0, 0.1) is 19.8 Å². The minimum absolute atomic E-state index is 0. The zero-order valence-electron chi connectivity index (χ0n) is 33.0. The first-order chi connectivity index (χ1) is 26.3. The summed E-state index contributed by atoms with van der Waals surface area (Å²) in [5.74, 6) is 0.614. The Balaban J connectivity index is 0.00000480. The van der Waals surface area contributed by atoms with Crippen LogP contribution in [0.1, 0.15) is 41.6 Å². The molecule has 4 nitrogen and oxygen atoms in total. The molecule has 53 heavy (non-hydrogen) atoms. The SMILES string of the molecule is [2H]C([2H])([2H])c1ccc(-n2c(-c3ccccc3O)nc3c(-c4[c-]c(-c5cc(-c6ccc(C)cc6)ccn5)cc(C(C)(C)C)c4)cccc32)c(-c2ccccc2)c1.[Pt]. The Morgan fingerprint density at radius 3 is 2.13 bits per heavy atom. The molecule has 0 unspecified atom stereocenters. The predicted octanol–water partition coefficient (Wildman–Crippen LogP) is 12.2. The molecule has 264 valence electrons. The summed E-state index contributed by atoms with van der Waals surface area (Å²) in [6.45, 7) is 6.39. The molecule has 8 aromatic rings. The average Bonchev–Trinajstić information content (AvgIpc) is 3.57. The molecule has 0 saturated heterocycles. The monoisotopic (exact) mass is 872 g/mol. The maximum absolute atomic E-state index is 11.2. The van der Waals surface area contributed by atoms with Crippen LogP contribution < -0.4 is 0 Å². The third kappa shape index (κ3) is 7.00. The number of benzene rings is 6. The first-order valence-electron chi connectivity index (χ1n) is 19.0. The smallest absolute Gasteiger partial charge is 0.148 e. The molecule has 1 N–H and O–H groups in total. The number of para-hydroxylation sites is 2. The van der Waals surface area contributed by atoms with E-state index in [1.54, 1.807) is 24.3 Å². The minimum Gasteiger partial charge on any atom is -0.507 e. The van der Waals surface area contributed by atoms with Crippen molar-refractivity contribution in [2.24, 2.45) is 0 Å². The number of phenolic OH excluding ortho intramolecular Hbond substituents is 1. The molecule has 0 aliphatic heterocycles. The molecule has 0 radical (unpaired) electrons. The van der Waals surface area contributed by atoms with Crippen molar-refractivity contribution in [3.8, 4) is 67.5 Å². The van der Waals surface area contributed by atoms with Gasteiger partial charge in [-0.2, -0.15) is 0 Å². The van der Waals surface area contributed by atoms with Gasteiger partial charge < -0.3 is 5.11 Å². The standard InChI is InChI=1S/C48H40N3O.Pt/c1-31-18-21-33(22-19-31)35-24-25-49-42(30-35)37-27-36(28-38(29-37)48(3,4)5)39-15-11-16-44-46(39)50-47(40-14-9-10-17-45(40)52)51(44)43-23-20-32(2)26-41(43)34-12-7-6-8-13-34;/h6-26,28-30,52H,1-5H3;/q-1;/i2D3;. The molecule has 0 aliphatic carbocycles. The summed E-state index contributed by atoms with van der Waals surface area (Å²) in [5, 5.41) is 11.2. The van der Waals surface area contributed by atoms with E-state index in [0.717, 1.165) is 61.4 Å². The number of rotatable bonds is 6. The van der Waals surface area contributed by atoms with Gasteiger partial charge in [0.15, 0.2) is 0 Å². The number of pyridine rings is 1. The van der Waals surface area contributed by atoms with Crippen LogP contribution in [-0.2, 0) is 26.5 Å². The van der Waals surface area contributed by atoms with Crippen LogP contribution in [0.4, 0.5) is 0 Å². The molecule has 2 aromatic heterocycles.